The predicted molar refractivity (Wildman–Crippen MR) is 101 cm³/mol. The van der Waals surface area contributed by atoms with E-state index in [4.69, 9.17) is 30.2 Å². The van der Waals surface area contributed by atoms with Gasteiger partial charge in [0.25, 0.3) is 0 Å². The van der Waals surface area contributed by atoms with Crippen molar-refractivity contribution in [2.24, 2.45) is 0 Å². The van der Waals surface area contributed by atoms with Crippen LogP contribution in [0.2, 0.25) is 5.02 Å². The highest BCUT2D eigenvalue weighted by Gasteiger charge is 2.20. The Hall–Kier alpha value is -3.19. The van der Waals surface area contributed by atoms with Crippen LogP contribution in [0.3, 0.4) is 0 Å². The quantitative estimate of drug-likeness (QED) is 0.623. The number of carbonyl (C=O) groups excluding carboxylic acids is 1. The molecule has 8 heteroatoms. The van der Waals surface area contributed by atoms with Gasteiger partial charge in [-0.2, -0.15) is 0 Å². The molecule has 1 aromatic heterocycles. The molecule has 2 aromatic carbocycles. The second-order valence-electron chi connectivity index (χ2n) is 5.92. The van der Waals surface area contributed by atoms with E-state index >= 15 is 0 Å². The molecule has 0 radical (unpaired) electrons. The summed E-state index contributed by atoms with van der Waals surface area (Å²) in [6.45, 7) is 0.967. The van der Waals surface area contributed by atoms with E-state index in [2.05, 4.69) is 0 Å². The van der Waals surface area contributed by atoms with Crippen molar-refractivity contribution in [3.63, 3.8) is 0 Å². The van der Waals surface area contributed by atoms with E-state index in [0.717, 1.165) is 5.56 Å². The SMILES string of the molecule is COc1ccc(-c2oc3cc(C)c(Cl)cc3c(=O)c2OCC(=O)[O-])cc1OC. The molecule has 146 valence electrons. The lowest BCUT2D eigenvalue weighted by atomic mass is 10.1. The number of ether oxygens (including phenoxy) is 3. The second kappa shape index (κ2) is 7.82. The maximum atomic E-state index is 13.0. The van der Waals surface area contributed by atoms with Gasteiger partial charge in [0.1, 0.15) is 12.2 Å². The number of methoxy groups -OCH3 is 2. The second-order valence-corrected chi connectivity index (χ2v) is 6.32. The summed E-state index contributed by atoms with van der Waals surface area (Å²) in [5, 5.41) is 11.4. The Balaban J connectivity index is 2.30. The maximum absolute atomic E-state index is 13.0. The van der Waals surface area contributed by atoms with Gasteiger partial charge >= 0.3 is 0 Å². The van der Waals surface area contributed by atoms with Gasteiger partial charge in [-0.15, -0.1) is 0 Å². The fourth-order valence-electron chi connectivity index (χ4n) is 2.73. The Labute approximate surface area is 165 Å². The van der Waals surface area contributed by atoms with Crippen molar-refractivity contribution < 1.29 is 28.5 Å². The van der Waals surface area contributed by atoms with E-state index in [1.165, 1.54) is 20.3 Å². The molecule has 0 saturated carbocycles. The van der Waals surface area contributed by atoms with E-state index < -0.39 is 18.0 Å². The molecule has 0 fully saturated rings. The van der Waals surface area contributed by atoms with Crippen LogP contribution < -0.4 is 24.7 Å². The molecule has 0 aliphatic heterocycles. The van der Waals surface area contributed by atoms with Crippen molar-refractivity contribution >= 4 is 28.5 Å². The Bertz CT molecular complexity index is 1120. The highest BCUT2D eigenvalue weighted by Crippen LogP contribution is 2.37. The fourth-order valence-corrected chi connectivity index (χ4v) is 2.89. The number of carboxylic acids is 1. The molecule has 0 amide bonds. The lowest BCUT2D eigenvalue weighted by molar-refractivity contribution is -0.307. The summed E-state index contributed by atoms with van der Waals surface area (Å²) in [5.74, 6) is -0.792. The largest absolute Gasteiger partial charge is 0.546 e. The molecule has 0 N–H and O–H groups in total. The molecular weight excluding hydrogens is 388 g/mol. The molecule has 0 spiro atoms. The summed E-state index contributed by atoms with van der Waals surface area (Å²) in [4.78, 5) is 23.8. The average molecular weight is 404 g/mol. The minimum atomic E-state index is -1.47. The zero-order valence-electron chi connectivity index (χ0n) is 15.3. The zero-order chi connectivity index (χ0) is 20.4. The third-order valence-corrected chi connectivity index (χ3v) is 4.52. The normalized spacial score (nSPS) is 10.7. The molecule has 0 bridgehead atoms. The van der Waals surface area contributed by atoms with Crippen LogP contribution in [0.5, 0.6) is 17.2 Å². The van der Waals surface area contributed by atoms with Crippen LogP contribution >= 0.6 is 11.6 Å². The monoisotopic (exact) mass is 403 g/mol. The first-order valence-corrected chi connectivity index (χ1v) is 8.55. The van der Waals surface area contributed by atoms with E-state index in [9.17, 15) is 14.7 Å². The van der Waals surface area contributed by atoms with Gasteiger partial charge in [-0.3, -0.25) is 4.79 Å². The number of aryl methyl sites for hydroxylation is 1. The summed E-state index contributed by atoms with van der Waals surface area (Å²) in [7, 11) is 2.96. The third kappa shape index (κ3) is 3.61. The molecule has 7 nitrogen and oxygen atoms in total. The lowest BCUT2D eigenvalue weighted by Gasteiger charge is -2.14. The number of fused-ring (bicyclic) bond motifs is 1. The number of aliphatic carboxylic acids is 1. The highest BCUT2D eigenvalue weighted by molar-refractivity contribution is 6.32. The molecule has 0 aliphatic carbocycles. The van der Waals surface area contributed by atoms with Crippen LogP contribution in [0.1, 0.15) is 5.56 Å². The van der Waals surface area contributed by atoms with Crippen molar-refractivity contribution in [1.82, 2.24) is 0 Å². The van der Waals surface area contributed by atoms with Crippen LogP contribution in [0.15, 0.2) is 39.5 Å². The van der Waals surface area contributed by atoms with Crippen LogP contribution in [0.25, 0.3) is 22.3 Å². The first-order valence-electron chi connectivity index (χ1n) is 8.17. The highest BCUT2D eigenvalue weighted by atomic mass is 35.5. The van der Waals surface area contributed by atoms with Crippen LogP contribution in [0.4, 0.5) is 0 Å². The summed E-state index contributed by atoms with van der Waals surface area (Å²) in [6.07, 6.45) is 0. The number of rotatable bonds is 6. The van der Waals surface area contributed by atoms with Gasteiger partial charge in [-0.25, -0.2) is 0 Å². The summed E-state index contributed by atoms with van der Waals surface area (Å²) in [6, 6.07) is 7.96. The van der Waals surface area contributed by atoms with E-state index in [1.54, 1.807) is 31.2 Å². The molecule has 3 aromatic rings. The Morgan fingerprint density at radius 3 is 2.50 bits per heavy atom. The van der Waals surface area contributed by atoms with Gasteiger partial charge in [0.2, 0.25) is 11.2 Å². The Morgan fingerprint density at radius 2 is 1.86 bits per heavy atom. The summed E-state index contributed by atoms with van der Waals surface area (Å²) >= 11 is 6.11. The minimum Gasteiger partial charge on any atom is -0.546 e. The van der Waals surface area contributed by atoms with Crippen molar-refractivity contribution in [1.29, 1.82) is 0 Å². The van der Waals surface area contributed by atoms with E-state index in [1.807, 2.05) is 0 Å². The Morgan fingerprint density at radius 1 is 1.14 bits per heavy atom. The van der Waals surface area contributed by atoms with E-state index in [-0.39, 0.29) is 22.5 Å². The predicted octanol–water partition coefficient (Wildman–Crippen LogP) is 2.57. The smallest absolute Gasteiger partial charge is 0.235 e. The molecule has 3 rings (SSSR count). The maximum Gasteiger partial charge on any atom is 0.235 e. The van der Waals surface area contributed by atoms with Crippen molar-refractivity contribution in [3.05, 3.63) is 51.1 Å². The van der Waals surface area contributed by atoms with Gasteiger partial charge in [-0.05, 0) is 42.8 Å². The molecular formula is C20H16ClO7-. The van der Waals surface area contributed by atoms with Gasteiger partial charge in [-0.1, -0.05) is 11.6 Å². The zero-order valence-corrected chi connectivity index (χ0v) is 16.1. The average Bonchev–Trinajstić information content (AvgIpc) is 2.68. The topological polar surface area (TPSA) is 98.0 Å². The summed E-state index contributed by atoms with van der Waals surface area (Å²) < 4.78 is 21.6. The van der Waals surface area contributed by atoms with Crippen LogP contribution in [-0.2, 0) is 4.79 Å². The molecule has 1 heterocycles. The molecule has 28 heavy (non-hydrogen) atoms. The van der Waals surface area contributed by atoms with Gasteiger partial charge in [0.05, 0.1) is 25.6 Å². The van der Waals surface area contributed by atoms with Crippen molar-refractivity contribution in [2.75, 3.05) is 20.8 Å². The molecule has 0 atom stereocenters. The molecule has 0 aliphatic rings. The lowest BCUT2D eigenvalue weighted by Crippen LogP contribution is -2.30. The minimum absolute atomic E-state index is 0.0569. The number of carboxylic acid groups (broad SMARTS) is 1. The number of hydrogen-bond acceptors (Lipinski definition) is 7. The number of hydrogen-bond donors (Lipinski definition) is 0. The first-order chi connectivity index (χ1) is 13.3. The molecule has 0 saturated heterocycles. The van der Waals surface area contributed by atoms with Crippen molar-refractivity contribution in [2.45, 2.75) is 6.92 Å². The number of halogens is 1. The number of benzene rings is 2. The van der Waals surface area contributed by atoms with Gasteiger partial charge in [0.15, 0.2) is 17.3 Å². The third-order valence-electron chi connectivity index (χ3n) is 4.11. The first kappa shape index (κ1) is 19.6. The fraction of sp³-hybridized carbons (Fsp3) is 0.200. The van der Waals surface area contributed by atoms with Crippen LogP contribution in [0, 0.1) is 6.92 Å². The summed E-state index contributed by atoms with van der Waals surface area (Å²) in [5.41, 5.74) is 0.906. The Kier molecular flexibility index (Phi) is 5.46. The van der Waals surface area contributed by atoms with Gasteiger partial charge in [0, 0.05) is 10.6 Å². The van der Waals surface area contributed by atoms with Crippen LogP contribution in [-0.4, -0.2) is 26.8 Å². The van der Waals surface area contributed by atoms with Gasteiger partial charge < -0.3 is 28.5 Å². The van der Waals surface area contributed by atoms with E-state index in [0.29, 0.717) is 22.1 Å². The molecule has 0 unspecified atom stereocenters. The van der Waals surface area contributed by atoms with Crippen molar-refractivity contribution in [3.8, 4) is 28.6 Å². The standard InChI is InChI=1S/C20H17ClO7/c1-10-6-15-12(8-13(10)21)18(24)20(27-9-17(22)23)19(28-15)11-4-5-14(25-2)16(7-11)26-3/h4-8H,9H2,1-3H3,(H,22,23)/p-1. The number of carbonyl (C=O) groups is 1.